The van der Waals surface area contributed by atoms with Gasteiger partial charge in [-0.15, -0.1) is 0 Å². The van der Waals surface area contributed by atoms with Crippen LogP contribution in [-0.2, 0) is 17.8 Å². The van der Waals surface area contributed by atoms with Gasteiger partial charge in [0, 0.05) is 37.7 Å². The molecule has 1 aliphatic rings. The normalized spacial score (nSPS) is 18.5. The van der Waals surface area contributed by atoms with E-state index in [1.165, 1.54) is 11.2 Å². The average Bonchev–Trinajstić information content (AvgIpc) is 3.50. The van der Waals surface area contributed by atoms with Gasteiger partial charge in [0.05, 0.1) is 12.5 Å². The molecular formula is C23H25N3O5S. The van der Waals surface area contributed by atoms with Crippen molar-refractivity contribution in [2.45, 2.75) is 25.5 Å². The number of aliphatic hydroxyl groups is 2. The van der Waals surface area contributed by atoms with E-state index in [1.54, 1.807) is 11.3 Å². The van der Waals surface area contributed by atoms with Crippen molar-refractivity contribution in [3.8, 4) is 11.5 Å². The van der Waals surface area contributed by atoms with Gasteiger partial charge in [-0.05, 0) is 46.5 Å². The van der Waals surface area contributed by atoms with Crippen molar-refractivity contribution >= 4 is 23.2 Å². The summed E-state index contributed by atoms with van der Waals surface area (Å²) in [6, 6.07) is 9.35. The maximum Gasteiger partial charge on any atom is 0.275 e. The van der Waals surface area contributed by atoms with E-state index in [-0.39, 0.29) is 36.6 Å². The Hall–Kier alpha value is -3.01. The van der Waals surface area contributed by atoms with Crippen molar-refractivity contribution < 1.29 is 24.2 Å². The Kier molecular flexibility index (Phi) is 6.99. The molecule has 32 heavy (non-hydrogen) atoms. The number of rotatable bonds is 7. The Labute approximate surface area is 189 Å². The van der Waals surface area contributed by atoms with Gasteiger partial charge in [-0.1, -0.05) is 12.1 Å². The second-order valence-corrected chi connectivity index (χ2v) is 8.65. The molecule has 8 nitrogen and oxygen atoms in total. The molecular weight excluding hydrogens is 430 g/mol. The Morgan fingerprint density at radius 3 is 2.72 bits per heavy atom. The number of carbonyl (C=O) groups is 2. The standard InChI is InChI=1S/C23H25N3O5S/c27-12-18-5-7-26(11-20(18)28)23(30)19-13-31-22(25-19)17-3-1-15(2-4-17)10-24-21(29)9-16-6-8-32-14-16/h1-4,6,8,13-14,18,20,27-28H,5,7,9-12H2,(H,24,29)/t18-,20-/m1/s1. The molecule has 2 amide bonds. The minimum atomic E-state index is -0.748. The SMILES string of the molecule is O=C(Cc1ccsc1)NCc1ccc(-c2nc(C(=O)N3CC[C@H](CO)[C@H](O)C3)co2)cc1. The molecule has 0 unspecified atom stereocenters. The molecule has 2 atom stereocenters. The molecule has 0 saturated carbocycles. The number of piperidine rings is 1. The maximum atomic E-state index is 12.7. The van der Waals surface area contributed by atoms with E-state index in [0.717, 1.165) is 16.7 Å². The number of likely N-dealkylation sites (tertiary alicyclic amines) is 1. The smallest absolute Gasteiger partial charge is 0.275 e. The lowest BCUT2D eigenvalue weighted by Crippen LogP contribution is -2.47. The highest BCUT2D eigenvalue weighted by Gasteiger charge is 2.31. The molecule has 9 heteroatoms. The van der Waals surface area contributed by atoms with Crippen molar-refractivity contribution in [2.24, 2.45) is 5.92 Å². The van der Waals surface area contributed by atoms with Crippen LogP contribution < -0.4 is 5.32 Å². The number of aromatic nitrogens is 1. The van der Waals surface area contributed by atoms with Crippen molar-refractivity contribution in [2.75, 3.05) is 19.7 Å². The predicted octanol–water partition coefficient (Wildman–Crippen LogP) is 2.08. The zero-order chi connectivity index (χ0) is 22.5. The van der Waals surface area contributed by atoms with Gasteiger partial charge in [0.2, 0.25) is 11.8 Å². The molecule has 0 spiro atoms. The van der Waals surface area contributed by atoms with Crippen molar-refractivity contribution in [3.05, 3.63) is 64.2 Å². The lowest BCUT2D eigenvalue weighted by molar-refractivity contribution is -0.120. The first kappa shape index (κ1) is 22.2. The summed E-state index contributed by atoms with van der Waals surface area (Å²) in [5.41, 5.74) is 2.84. The third-order valence-corrected chi connectivity index (χ3v) is 6.33. The number of nitrogens with zero attached hydrogens (tertiary/aromatic N) is 2. The second kappa shape index (κ2) is 10.1. The number of oxazole rings is 1. The number of β-amino-alcohol motifs (C(OH)–C–C–N with tert-alkyl or cyclic N) is 1. The maximum absolute atomic E-state index is 12.7. The fourth-order valence-corrected chi connectivity index (χ4v) is 4.32. The van der Waals surface area contributed by atoms with Crippen molar-refractivity contribution in [3.63, 3.8) is 0 Å². The van der Waals surface area contributed by atoms with Crippen molar-refractivity contribution in [1.82, 2.24) is 15.2 Å². The number of hydrogen-bond donors (Lipinski definition) is 3. The number of thiophene rings is 1. The van der Waals surface area contributed by atoms with Gasteiger partial charge in [-0.3, -0.25) is 9.59 Å². The molecule has 4 rings (SSSR count). The highest BCUT2D eigenvalue weighted by molar-refractivity contribution is 7.08. The lowest BCUT2D eigenvalue weighted by Gasteiger charge is -2.34. The van der Waals surface area contributed by atoms with E-state index in [2.05, 4.69) is 10.3 Å². The Morgan fingerprint density at radius 1 is 1.22 bits per heavy atom. The summed E-state index contributed by atoms with van der Waals surface area (Å²) in [5, 5.41) is 26.1. The van der Waals surface area contributed by atoms with Crippen LogP contribution in [0, 0.1) is 5.92 Å². The molecule has 3 heterocycles. The lowest BCUT2D eigenvalue weighted by atomic mass is 9.94. The van der Waals surface area contributed by atoms with Crippen LogP contribution in [0.2, 0.25) is 0 Å². The molecule has 2 aromatic heterocycles. The van der Waals surface area contributed by atoms with E-state index in [0.29, 0.717) is 31.8 Å². The summed E-state index contributed by atoms with van der Waals surface area (Å²) in [6.07, 6.45) is 1.48. The van der Waals surface area contributed by atoms with Crippen LogP contribution in [0.5, 0.6) is 0 Å². The highest BCUT2D eigenvalue weighted by atomic mass is 32.1. The topological polar surface area (TPSA) is 116 Å². The first-order valence-corrected chi connectivity index (χ1v) is 11.4. The Balaban J connectivity index is 1.33. The van der Waals surface area contributed by atoms with E-state index in [9.17, 15) is 19.8 Å². The summed E-state index contributed by atoms with van der Waals surface area (Å²) < 4.78 is 5.50. The van der Waals surface area contributed by atoms with Crippen LogP contribution in [0.25, 0.3) is 11.5 Å². The molecule has 3 aromatic rings. The molecule has 0 bridgehead atoms. The number of carbonyl (C=O) groups excluding carboxylic acids is 2. The number of aliphatic hydroxyl groups excluding tert-OH is 2. The minimum Gasteiger partial charge on any atom is -0.444 e. The van der Waals surface area contributed by atoms with Crippen LogP contribution >= 0.6 is 11.3 Å². The average molecular weight is 456 g/mol. The van der Waals surface area contributed by atoms with Crippen LogP contribution in [0.3, 0.4) is 0 Å². The third kappa shape index (κ3) is 5.24. The summed E-state index contributed by atoms with van der Waals surface area (Å²) in [6.45, 7) is 0.950. The number of amides is 2. The zero-order valence-corrected chi connectivity index (χ0v) is 18.3. The number of benzene rings is 1. The summed E-state index contributed by atoms with van der Waals surface area (Å²) >= 11 is 1.57. The summed E-state index contributed by atoms with van der Waals surface area (Å²) in [5.74, 6) is -0.213. The second-order valence-electron chi connectivity index (χ2n) is 7.87. The highest BCUT2D eigenvalue weighted by Crippen LogP contribution is 2.22. The van der Waals surface area contributed by atoms with E-state index in [1.807, 2.05) is 41.1 Å². The van der Waals surface area contributed by atoms with Gasteiger partial charge in [-0.2, -0.15) is 11.3 Å². The molecule has 1 saturated heterocycles. The molecule has 0 radical (unpaired) electrons. The zero-order valence-electron chi connectivity index (χ0n) is 17.4. The molecule has 1 fully saturated rings. The quantitative estimate of drug-likeness (QED) is 0.502. The number of hydrogen-bond acceptors (Lipinski definition) is 7. The van der Waals surface area contributed by atoms with Gasteiger partial charge in [0.1, 0.15) is 6.26 Å². The van der Waals surface area contributed by atoms with Crippen LogP contribution in [-0.4, -0.2) is 57.7 Å². The minimum absolute atomic E-state index is 0.0310. The van der Waals surface area contributed by atoms with Gasteiger partial charge >= 0.3 is 0 Å². The van der Waals surface area contributed by atoms with Crippen molar-refractivity contribution in [1.29, 1.82) is 0 Å². The molecule has 0 aliphatic carbocycles. The monoisotopic (exact) mass is 455 g/mol. The molecule has 168 valence electrons. The van der Waals surface area contributed by atoms with E-state index < -0.39 is 6.10 Å². The fourth-order valence-electron chi connectivity index (χ4n) is 3.65. The summed E-state index contributed by atoms with van der Waals surface area (Å²) in [4.78, 5) is 30.6. The molecule has 1 aromatic carbocycles. The van der Waals surface area contributed by atoms with Gasteiger partial charge in [0.15, 0.2) is 5.69 Å². The van der Waals surface area contributed by atoms with Gasteiger partial charge in [-0.25, -0.2) is 4.98 Å². The van der Waals surface area contributed by atoms with Crippen LogP contribution in [0.1, 0.15) is 28.0 Å². The first-order chi connectivity index (χ1) is 15.5. The van der Waals surface area contributed by atoms with E-state index >= 15 is 0 Å². The molecule has 1 aliphatic heterocycles. The predicted molar refractivity (Wildman–Crippen MR) is 119 cm³/mol. The third-order valence-electron chi connectivity index (χ3n) is 5.60. The van der Waals surface area contributed by atoms with Gasteiger partial charge < -0.3 is 24.8 Å². The number of nitrogens with one attached hydrogen (secondary N) is 1. The Morgan fingerprint density at radius 2 is 2.03 bits per heavy atom. The fraction of sp³-hybridized carbons (Fsp3) is 0.348. The largest absolute Gasteiger partial charge is 0.444 e. The Bertz CT molecular complexity index is 1050. The van der Waals surface area contributed by atoms with Gasteiger partial charge in [0.25, 0.3) is 5.91 Å². The van der Waals surface area contributed by atoms with Crippen LogP contribution in [0.4, 0.5) is 0 Å². The first-order valence-electron chi connectivity index (χ1n) is 10.4. The molecule has 3 N–H and O–H groups in total. The van der Waals surface area contributed by atoms with Crippen LogP contribution in [0.15, 0.2) is 51.8 Å². The van der Waals surface area contributed by atoms with E-state index in [4.69, 9.17) is 4.42 Å². The summed E-state index contributed by atoms with van der Waals surface area (Å²) in [7, 11) is 0.